The first-order valence-corrected chi connectivity index (χ1v) is 5.56. The van der Waals surface area contributed by atoms with E-state index in [2.05, 4.69) is 17.1 Å². The van der Waals surface area contributed by atoms with Crippen LogP contribution in [-0.2, 0) is 6.54 Å². The minimum Gasteiger partial charge on any atom is -0.314 e. The van der Waals surface area contributed by atoms with Gasteiger partial charge in [-0.25, -0.2) is 8.78 Å². The Morgan fingerprint density at radius 2 is 2.25 bits per heavy atom. The van der Waals surface area contributed by atoms with Gasteiger partial charge in [-0.3, -0.25) is 4.90 Å². The molecule has 1 aliphatic heterocycles. The van der Waals surface area contributed by atoms with Crippen LogP contribution in [0.5, 0.6) is 0 Å². The highest BCUT2D eigenvalue weighted by atomic mass is 19.2. The Hall–Kier alpha value is -1.00. The Kier molecular flexibility index (Phi) is 3.51. The van der Waals surface area contributed by atoms with E-state index in [1.165, 1.54) is 0 Å². The fraction of sp³-hybridized carbons (Fsp3) is 0.500. The first-order valence-electron chi connectivity index (χ1n) is 5.56. The van der Waals surface area contributed by atoms with Gasteiger partial charge in [-0.1, -0.05) is 12.1 Å². The van der Waals surface area contributed by atoms with Crippen molar-refractivity contribution in [3.8, 4) is 0 Å². The molecule has 2 nitrogen and oxygen atoms in total. The van der Waals surface area contributed by atoms with Gasteiger partial charge in [0.2, 0.25) is 0 Å². The van der Waals surface area contributed by atoms with Crippen molar-refractivity contribution in [2.24, 2.45) is 0 Å². The fourth-order valence-corrected chi connectivity index (χ4v) is 2.01. The highest BCUT2D eigenvalue weighted by Crippen LogP contribution is 2.15. The molecule has 0 aromatic heterocycles. The number of halogens is 2. The van der Waals surface area contributed by atoms with Gasteiger partial charge in [0.1, 0.15) is 0 Å². The van der Waals surface area contributed by atoms with E-state index < -0.39 is 11.6 Å². The third-order valence-electron chi connectivity index (χ3n) is 3.04. The average molecular weight is 226 g/mol. The molecule has 1 N–H and O–H groups in total. The molecule has 0 spiro atoms. The number of rotatable bonds is 2. The Morgan fingerprint density at radius 1 is 1.44 bits per heavy atom. The predicted molar refractivity (Wildman–Crippen MR) is 59.1 cm³/mol. The zero-order valence-corrected chi connectivity index (χ0v) is 9.34. The van der Waals surface area contributed by atoms with Crippen LogP contribution in [-0.4, -0.2) is 30.6 Å². The number of piperazine rings is 1. The molecular formula is C12H16F2N2. The van der Waals surface area contributed by atoms with Crippen molar-refractivity contribution in [2.45, 2.75) is 19.5 Å². The summed E-state index contributed by atoms with van der Waals surface area (Å²) in [4.78, 5) is 2.16. The maximum Gasteiger partial charge on any atom is 0.163 e. The lowest BCUT2D eigenvalue weighted by atomic mass is 10.1. The summed E-state index contributed by atoms with van der Waals surface area (Å²) in [5, 5.41) is 3.27. The summed E-state index contributed by atoms with van der Waals surface area (Å²) in [7, 11) is 0. The number of benzene rings is 1. The van der Waals surface area contributed by atoms with Crippen LogP contribution in [0.3, 0.4) is 0 Å². The topological polar surface area (TPSA) is 15.3 Å². The predicted octanol–water partition coefficient (Wildman–Crippen LogP) is 1.76. The molecule has 1 aromatic rings. The van der Waals surface area contributed by atoms with Crippen LogP contribution in [0, 0.1) is 11.6 Å². The van der Waals surface area contributed by atoms with Gasteiger partial charge in [0, 0.05) is 37.8 Å². The Bertz CT molecular complexity index is 368. The van der Waals surface area contributed by atoms with Crippen molar-refractivity contribution in [1.82, 2.24) is 10.2 Å². The largest absolute Gasteiger partial charge is 0.314 e. The molecule has 88 valence electrons. The van der Waals surface area contributed by atoms with Gasteiger partial charge in [0.15, 0.2) is 11.6 Å². The normalized spacial score (nSPS) is 22.3. The van der Waals surface area contributed by atoms with Crippen LogP contribution >= 0.6 is 0 Å². The molecule has 0 aliphatic carbocycles. The molecular weight excluding hydrogens is 210 g/mol. The van der Waals surface area contributed by atoms with Gasteiger partial charge in [0.05, 0.1) is 0 Å². The van der Waals surface area contributed by atoms with E-state index in [1.807, 2.05) is 0 Å². The SMILES string of the molecule is C[C@H]1CNCCN1Cc1cccc(F)c1F. The Morgan fingerprint density at radius 3 is 3.00 bits per heavy atom. The molecule has 1 aromatic carbocycles. The van der Waals surface area contributed by atoms with Crippen molar-refractivity contribution in [2.75, 3.05) is 19.6 Å². The van der Waals surface area contributed by atoms with Gasteiger partial charge in [0.25, 0.3) is 0 Å². The van der Waals surface area contributed by atoms with Gasteiger partial charge in [-0.2, -0.15) is 0 Å². The summed E-state index contributed by atoms with van der Waals surface area (Å²) in [6, 6.07) is 4.71. The maximum absolute atomic E-state index is 13.5. The number of nitrogens with one attached hydrogen (secondary N) is 1. The van der Waals surface area contributed by atoms with Gasteiger partial charge < -0.3 is 5.32 Å². The monoisotopic (exact) mass is 226 g/mol. The average Bonchev–Trinajstić information content (AvgIpc) is 2.28. The molecule has 1 fully saturated rings. The summed E-state index contributed by atoms with van der Waals surface area (Å²) in [5.41, 5.74) is 0.439. The molecule has 0 radical (unpaired) electrons. The zero-order valence-electron chi connectivity index (χ0n) is 9.34. The second kappa shape index (κ2) is 4.89. The third-order valence-corrected chi connectivity index (χ3v) is 3.04. The standard InChI is InChI=1S/C12H16F2N2/c1-9-7-15-5-6-16(9)8-10-3-2-4-11(13)12(10)14/h2-4,9,15H,5-8H2,1H3/t9-/m0/s1. The molecule has 4 heteroatoms. The summed E-state index contributed by atoms with van der Waals surface area (Å²) in [6.07, 6.45) is 0. The minimum atomic E-state index is -0.764. The molecule has 1 aliphatic rings. The first kappa shape index (κ1) is 11.5. The molecule has 16 heavy (non-hydrogen) atoms. The molecule has 0 unspecified atom stereocenters. The highest BCUT2D eigenvalue weighted by Gasteiger charge is 2.19. The minimum absolute atomic E-state index is 0.358. The van der Waals surface area contributed by atoms with Crippen molar-refractivity contribution in [3.05, 3.63) is 35.4 Å². The van der Waals surface area contributed by atoms with E-state index in [0.29, 0.717) is 18.2 Å². The zero-order chi connectivity index (χ0) is 11.5. The van der Waals surface area contributed by atoms with Gasteiger partial charge >= 0.3 is 0 Å². The van der Waals surface area contributed by atoms with E-state index in [1.54, 1.807) is 12.1 Å². The Balaban J connectivity index is 2.10. The molecule has 0 bridgehead atoms. The van der Waals surface area contributed by atoms with Crippen molar-refractivity contribution >= 4 is 0 Å². The van der Waals surface area contributed by atoms with Crippen LogP contribution in [0.25, 0.3) is 0 Å². The van der Waals surface area contributed by atoms with Crippen LogP contribution < -0.4 is 5.32 Å². The quantitative estimate of drug-likeness (QED) is 0.826. The summed E-state index contributed by atoms with van der Waals surface area (Å²) in [6.45, 7) is 5.24. The highest BCUT2D eigenvalue weighted by molar-refractivity contribution is 5.19. The second-order valence-electron chi connectivity index (χ2n) is 4.24. The molecule has 1 atom stereocenters. The van der Waals surface area contributed by atoms with Crippen molar-refractivity contribution in [1.29, 1.82) is 0 Å². The van der Waals surface area contributed by atoms with Crippen molar-refractivity contribution < 1.29 is 8.78 Å². The lowest BCUT2D eigenvalue weighted by Gasteiger charge is -2.33. The molecule has 0 saturated carbocycles. The lowest BCUT2D eigenvalue weighted by molar-refractivity contribution is 0.163. The summed E-state index contributed by atoms with van der Waals surface area (Å²) in [5.74, 6) is -1.48. The van der Waals surface area contributed by atoms with E-state index in [0.717, 1.165) is 25.7 Å². The lowest BCUT2D eigenvalue weighted by Crippen LogP contribution is -2.49. The van der Waals surface area contributed by atoms with E-state index in [-0.39, 0.29) is 0 Å². The van der Waals surface area contributed by atoms with Gasteiger partial charge in [-0.05, 0) is 13.0 Å². The van der Waals surface area contributed by atoms with Crippen LogP contribution in [0.15, 0.2) is 18.2 Å². The number of hydrogen-bond donors (Lipinski definition) is 1. The summed E-state index contributed by atoms with van der Waals surface area (Å²) >= 11 is 0. The molecule has 1 heterocycles. The first-order chi connectivity index (χ1) is 7.68. The van der Waals surface area contributed by atoms with Crippen LogP contribution in [0.2, 0.25) is 0 Å². The number of hydrogen-bond acceptors (Lipinski definition) is 2. The third kappa shape index (κ3) is 2.39. The molecule has 2 rings (SSSR count). The maximum atomic E-state index is 13.5. The second-order valence-corrected chi connectivity index (χ2v) is 4.24. The Labute approximate surface area is 94.3 Å². The van der Waals surface area contributed by atoms with Crippen LogP contribution in [0.1, 0.15) is 12.5 Å². The fourth-order valence-electron chi connectivity index (χ4n) is 2.01. The van der Waals surface area contributed by atoms with E-state index in [4.69, 9.17) is 0 Å². The molecule has 1 saturated heterocycles. The smallest absolute Gasteiger partial charge is 0.163 e. The number of nitrogens with zero attached hydrogens (tertiary/aromatic N) is 1. The molecule has 0 amide bonds. The summed E-state index contributed by atoms with van der Waals surface area (Å²) < 4.78 is 26.5. The van der Waals surface area contributed by atoms with Gasteiger partial charge in [-0.15, -0.1) is 0 Å². The van der Waals surface area contributed by atoms with E-state index >= 15 is 0 Å². The van der Waals surface area contributed by atoms with Crippen LogP contribution in [0.4, 0.5) is 8.78 Å². The van der Waals surface area contributed by atoms with E-state index in [9.17, 15) is 8.78 Å². The van der Waals surface area contributed by atoms with Crippen molar-refractivity contribution in [3.63, 3.8) is 0 Å².